The van der Waals surface area contributed by atoms with Crippen LogP contribution in [-0.4, -0.2) is 48.1 Å². The largest absolute Gasteiger partial charge is 0.381 e. The Bertz CT molecular complexity index is 1560. The maximum atomic E-state index is 12.8. The number of carbonyl (C=O) groups excluding carboxylic acids is 1. The number of amides is 1. The van der Waals surface area contributed by atoms with Gasteiger partial charge in [0, 0.05) is 36.2 Å². The van der Waals surface area contributed by atoms with Gasteiger partial charge in [-0.2, -0.15) is 5.26 Å². The van der Waals surface area contributed by atoms with E-state index in [4.69, 9.17) is 5.26 Å². The molecule has 0 spiro atoms. The van der Waals surface area contributed by atoms with Crippen molar-refractivity contribution < 1.29 is 13.2 Å². The summed E-state index contributed by atoms with van der Waals surface area (Å²) in [4.78, 5) is 24.2. The minimum Gasteiger partial charge on any atom is -0.381 e. The lowest BCUT2D eigenvalue weighted by Gasteiger charge is -2.36. The van der Waals surface area contributed by atoms with Crippen LogP contribution in [0.3, 0.4) is 0 Å². The molecule has 3 heterocycles. The van der Waals surface area contributed by atoms with Crippen LogP contribution >= 0.6 is 11.3 Å². The molecule has 1 saturated carbocycles. The Morgan fingerprint density at radius 2 is 2.14 bits per heavy atom. The second-order valence-electron chi connectivity index (χ2n) is 8.50. The van der Waals surface area contributed by atoms with Crippen molar-refractivity contribution in [2.75, 3.05) is 18.1 Å². The molecule has 0 saturated heterocycles. The Kier molecular flexibility index (Phi) is 6.00. The lowest BCUT2D eigenvalue weighted by atomic mass is 9.81. The summed E-state index contributed by atoms with van der Waals surface area (Å²) in [6.45, 7) is 0. The summed E-state index contributed by atoms with van der Waals surface area (Å²) in [6.07, 6.45) is 4.95. The molecule has 0 atom stereocenters. The number of hydrogen-bond acceptors (Lipinski definition) is 8. The minimum absolute atomic E-state index is 0.0231. The number of hydrogen-bond donors (Lipinski definition) is 3. The summed E-state index contributed by atoms with van der Waals surface area (Å²) >= 11 is 1.37. The first kappa shape index (κ1) is 23.0. The van der Waals surface area contributed by atoms with Crippen LogP contribution in [-0.2, 0) is 9.84 Å². The molecule has 4 aromatic rings. The third kappa shape index (κ3) is 4.50. The van der Waals surface area contributed by atoms with E-state index >= 15 is 0 Å². The molecule has 1 aromatic carbocycles. The number of pyridine rings is 1. The molecule has 1 aliphatic rings. The zero-order valence-electron chi connectivity index (χ0n) is 18.8. The Hall–Kier alpha value is -3.75. The molecular weight excluding hydrogens is 484 g/mol. The van der Waals surface area contributed by atoms with Gasteiger partial charge in [-0.1, -0.05) is 6.07 Å². The van der Waals surface area contributed by atoms with E-state index in [2.05, 4.69) is 25.6 Å². The van der Waals surface area contributed by atoms with Crippen molar-refractivity contribution in [3.63, 3.8) is 0 Å². The first-order valence-corrected chi connectivity index (χ1v) is 13.5. The fourth-order valence-electron chi connectivity index (χ4n) is 4.31. The Morgan fingerprint density at radius 1 is 1.31 bits per heavy atom. The molecule has 9 nitrogen and oxygen atoms in total. The van der Waals surface area contributed by atoms with E-state index in [0.29, 0.717) is 29.1 Å². The van der Waals surface area contributed by atoms with Crippen LogP contribution < -0.4 is 10.6 Å². The summed E-state index contributed by atoms with van der Waals surface area (Å²) in [5.41, 5.74) is 3.07. The number of aromatic amines is 1. The van der Waals surface area contributed by atoms with E-state index in [1.54, 1.807) is 30.8 Å². The van der Waals surface area contributed by atoms with Crippen LogP contribution in [0.4, 0.5) is 5.69 Å². The molecule has 35 heavy (non-hydrogen) atoms. The van der Waals surface area contributed by atoms with Crippen molar-refractivity contribution in [1.29, 1.82) is 5.26 Å². The molecule has 1 amide bonds. The van der Waals surface area contributed by atoms with Gasteiger partial charge in [0.1, 0.15) is 16.3 Å². The first-order chi connectivity index (χ1) is 16.9. The van der Waals surface area contributed by atoms with Gasteiger partial charge in [0.05, 0.1) is 33.5 Å². The lowest BCUT2D eigenvalue weighted by molar-refractivity contribution is 0.0959. The Balaban J connectivity index is 1.33. The first-order valence-electron chi connectivity index (χ1n) is 11.0. The second-order valence-corrected chi connectivity index (χ2v) is 11.4. The average Bonchev–Trinajstić information content (AvgIpc) is 3.52. The van der Waals surface area contributed by atoms with Crippen LogP contribution in [0.2, 0.25) is 0 Å². The van der Waals surface area contributed by atoms with E-state index in [9.17, 15) is 13.2 Å². The number of benzene rings is 1. The predicted molar refractivity (Wildman–Crippen MR) is 134 cm³/mol. The number of fused-ring (bicyclic) bond motifs is 1. The summed E-state index contributed by atoms with van der Waals surface area (Å²) in [7, 11) is -1.91. The molecule has 178 valence electrons. The molecule has 11 heteroatoms. The fourth-order valence-corrected chi connectivity index (χ4v) is 6.81. The number of rotatable bonds is 7. The summed E-state index contributed by atoms with van der Waals surface area (Å²) in [5.74, 6) is -0.179. The highest BCUT2D eigenvalue weighted by Gasteiger charge is 2.34. The highest BCUT2D eigenvalue weighted by atomic mass is 32.2. The highest BCUT2D eigenvalue weighted by Crippen LogP contribution is 2.39. The van der Waals surface area contributed by atoms with Crippen molar-refractivity contribution in [1.82, 2.24) is 20.3 Å². The predicted octanol–water partition coefficient (Wildman–Crippen LogP) is 3.58. The van der Waals surface area contributed by atoms with Gasteiger partial charge in [0.25, 0.3) is 5.91 Å². The van der Waals surface area contributed by atoms with Crippen molar-refractivity contribution in [2.24, 2.45) is 5.92 Å². The highest BCUT2D eigenvalue weighted by molar-refractivity contribution is 7.91. The summed E-state index contributed by atoms with van der Waals surface area (Å²) in [6, 6.07) is 10.2. The molecule has 5 rings (SSSR count). The SMILES string of the molecule is CNC(=O)c1csc(-c2cnc3[nH]ccc3c2NC2CC(CS(=O)(=O)c3cccc(C#N)c3)C2)n1. The monoisotopic (exact) mass is 506 g/mol. The van der Waals surface area contributed by atoms with Gasteiger partial charge in [-0.05, 0) is 43.0 Å². The van der Waals surface area contributed by atoms with Crippen molar-refractivity contribution in [3.8, 4) is 16.6 Å². The molecule has 3 N–H and O–H groups in total. The Morgan fingerprint density at radius 3 is 2.91 bits per heavy atom. The van der Waals surface area contributed by atoms with Crippen LogP contribution in [0, 0.1) is 17.2 Å². The van der Waals surface area contributed by atoms with Crippen molar-refractivity contribution in [2.45, 2.75) is 23.8 Å². The standard InChI is InChI=1S/C24H22N6O3S2/c1-26-23(31)20-12-34-24(30-20)19-11-28-22-18(5-6-27-22)21(19)29-16-7-15(8-16)13-35(32,33)17-4-2-3-14(9-17)10-25/h2-6,9,11-12,15-16H,7-8,13H2,1H3,(H,26,31)(H2,27,28,29). The number of thiazole rings is 1. The van der Waals surface area contributed by atoms with Crippen LogP contribution in [0.15, 0.2) is 53.0 Å². The number of nitrogens with one attached hydrogen (secondary N) is 3. The van der Waals surface area contributed by atoms with Gasteiger partial charge in [0.15, 0.2) is 9.84 Å². The molecule has 0 bridgehead atoms. The van der Waals surface area contributed by atoms with Gasteiger partial charge >= 0.3 is 0 Å². The van der Waals surface area contributed by atoms with E-state index in [1.807, 2.05) is 18.3 Å². The van der Waals surface area contributed by atoms with Crippen LogP contribution in [0.1, 0.15) is 28.9 Å². The zero-order valence-corrected chi connectivity index (χ0v) is 20.4. The van der Waals surface area contributed by atoms with E-state index in [-0.39, 0.29) is 28.5 Å². The minimum atomic E-state index is -3.47. The number of aromatic nitrogens is 3. The Labute approximate surface area is 206 Å². The fraction of sp³-hybridized carbons (Fsp3) is 0.250. The third-order valence-electron chi connectivity index (χ3n) is 6.14. The average molecular weight is 507 g/mol. The summed E-state index contributed by atoms with van der Waals surface area (Å²) < 4.78 is 25.7. The zero-order chi connectivity index (χ0) is 24.6. The lowest BCUT2D eigenvalue weighted by Crippen LogP contribution is -2.39. The van der Waals surface area contributed by atoms with E-state index in [0.717, 1.165) is 22.3 Å². The molecule has 1 fully saturated rings. The maximum absolute atomic E-state index is 12.8. The van der Waals surface area contributed by atoms with Gasteiger partial charge in [0.2, 0.25) is 0 Å². The summed E-state index contributed by atoms with van der Waals surface area (Å²) in [5, 5.41) is 18.5. The smallest absolute Gasteiger partial charge is 0.270 e. The number of nitriles is 1. The van der Waals surface area contributed by atoms with Crippen molar-refractivity contribution >= 4 is 43.8 Å². The molecule has 0 aliphatic heterocycles. The number of sulfone groups is 1. The molecule has 0 unspecified atom stereocenters. The van der Waals surface area contributed by atoms with Gasteiger partial charge < -0.3 is 15.6 Å². The molecular formula is C24H22N6O3S2. The number of anilines is 1. The number of carbonyl (C=O) groups is 1. The maximum Gasteiger partial charge on any atom is 0.270 e. The van der Waals surface area contributed by atoms with Crippen molar-refractivity contribution in [3.05, 3.63) is 59.4 Å². The van der Waals surface area contributed by atoms with Gasteiger partial charge in [-0.3, -0.25) is 4.79 Å². The topological polar surface area (TPSA) is 141 Å². The van der Waals surface area contributed by atoms with Gasteiger partial charge in [-0.25, -0.2) is 18.4 Å². The third-order valence-corrected chi connectivity index (χ3v) is 8.90. The molecule has 3 aromatic heterocycles. The van der Waals surface area contributed by atoms with Gasteiger partial charge in [-0.15, -0.1) is 11.3 Å². The normalized spacial score (nSPS) is 17.5. The van der Waals surface area contributed by atoms with Crippen LogP contribution in [0.5, 0.6) is 0 Å². The van der Waals surface area contributed by atoms with E-state index < -0.39 is 9.84 Å². The van der Waals surface area contributed by atoms with E-state index in [1.165, 1.54) is 23.5 Å². The second kappa shape index (κ2) is 9.13. The van der Waals surface area contributed by atoms with Crippen LogP contribution in [0.25, 0.3) is 21.6 Å². The number of nitrogens with zero attached hydrogens (tertiary/aromatic N) is 3. The molecule has 1 aliphatic carbocycles. The quantitative estimate of drug-likeness (QED) is 0.348. The molecule has 0 radical (unpaired) electrons. The number of H-pyrrole nitrogens is 1.